The minimum absolute atomic E-state index is 0.127. The fourth-order valence-corrected chi connectivity index (χ4v) is 1.90. The Hall–Kier alpha value is -2.49. The molecule has 4 N–H and O–H groups in total. The van der Waals surface area contributed by atoms with Crippen LogP contribution in [-0.2, 0) is 0 Å². The molecule has 0 aliphatic carbocycles. The molecular formula is C13H11N3O. The Balaban J connectivity index is 2.17. The summed E-state index contributed by atoms with van der Waals surface area (Å²) in [7, 11) is 0. The molecule has 0 radical (unpaired) electrons. The van der Waals surface area contributed by atoms with Crippen LogP contribution in [-0.4, -0.2) is 5.91 Å². The Morgan fingerprint density at radius 3 is 2.59 bits per heavy atom. The lowest BCUT2D eigenvalue weighted by molar-refractivity contribution is 0.102. The molecule has 2 aromatic rings. The highest BCUT2D eigenvalue weighted by atomic mass is 16.1. The second kappa shape index (κ2) is 3.52. The number of fused-ring (bicyclic) bond motifs is 2. The molecule has 0 atom stereocenters. The van der Waals surface area contributed by atoms with Crippen molar-refractivity contribution in [3.05, 3.63) is 48.0 Å². The molecule has 0 aromatic heterocycles. The van der Waals surface area contributed by atoms with Crippen LogP contribution in [0, 0.1) is 0 Å². The minimum Gasteiger partial charge on any atom is -0.399 e. The molecule has 0 saturated heterocycles. The van der Waals surface area contributed by atoms with E-state index in [1.807, 2.05) is 24.3 Å². The van der Waals surface area contributed by atoms with Gasteiger partial charge in [0.1, 0.15) is 0 Å². The third kappa shape index (κ3) is 1.59. The number of anilines is 4. The molecule has 2 aromatic carbocycles. The van der Waals surface area contributed by atoms with Crippen molar-refractivity contribution in [2.75, 3.05) is 16.4 Å². The van der Waals surface area contributed by atoms with Crippen LogP contribution >= 0.6 is 0 Å². The number of benzene rings is 2. The van der Waals surface area contributed by atoms with Gasteiger partial charge in [-0.15, -0.1) is 0 Å². The predicted molar refractivity (Wildman–Crippen MR) is 68.5 cm³/mol. The zero-order chi connectivity index (χ0) is 11.8. The van der Waals surface area contributed by atoms with Crippen LogP contribution in [0.5, 0.6) is 0 Å². The number of carbonyl (C=O) groups is 1. The van der Waals surface area contributed by atoms with Crippen molar-refractivity contribution in [1.29, 1.82) is 0 Å². The Kier molecular flexibility index (Phi) is 2.01. The van der Waals surface area contributed by atoms with Gasteiger partial charge in [-0.05, 0) is 30.3 Å². The van der Waals surface area contributed by atoms with E-state index in [9.17, 15) is 4.79 Å². The van der Waals surface area contributed by atoms with Crippen molar-refractivity contribution in [3.8, 4) is 0 Å². The van der Waals surface area contributed by atoms with E-state index in [2.05, 4.69) is 10.6 Å². The summed E-state index contributed by atoms with van der Waals surface area (Å²) < 4.78 is 0. The number of nitrogens with two attached hydrogens (primary N) is 1. The standard InChI is InChI=1S/C13H11N3O/c14-8-5-6-11-12(7-8)16-13(17)9-3-1-2-4-10(9)15-11/h1-7,15H,14H2,(H,16,17). The van der Waals surface area contributed by atoms with Crippen LogP contribution in [0.1, 0.15) is 10.4 Å². The second-order valence-corrected chi connectivity index (χ2v) is 3.93. The fraction of sp³-hybridized carbons (Fsp3) is 0. The lowest BCUT2D eigenvalue weighted by Crippen LogP contribution is -2.10. The number of amides is 1. The zero-order valence-corrected chi connectivity index (χ0v) is 9.03. The summed E-state index contributed by atoms with van der Waals surface area (Å²) in [5.74, 6) is -0.127. The van der Waals surface area contributed by atoms with Gasteiger partial charge in [0, 0.05) is 5.69 Å². The summed E-state index contributed by atoms with van der Waals surface area (Å²) >= 11 is 0. The van der Waals surface area contributed by atoms with Gasteiger partial charge in [-0.1, -0.05) is 12.1 Å². The van der Waals surface area contributed by atoms with Crippen LogP contribution in [0.3, 0.4) is 0 Å². The summed E-state index contributed by atoms with van der Waals surface area (Å²) in [6.45, 7) is 0. The van der Waals surface area contributed by atoms with Gasteiger partial charge in [-0.25, -0.2) is 0 Å². The van der Waals surface area contributed by atoms with Gasteiger partial charge < -0.3 is 16.4 Å². The van der Waals surface area contributed by atoms with Crippen molar-refractivity contribution in [2.45, 2.75) is 0 Å². The quantitative estimate of drug-likeness (QED) is 0.604. The van der Waals surface area contributed by atoms with Gasteiger partial charge in [-0.2, -0.15) is 0 Å². The minimum atomic E-state index is -0.127. The molecule has 4 heteroatoms. The highest BCUT2D eigenvalue weighted by molar-refractivity contribution is 6.12. The van der Waals surface area contributed by atoms with Gasteiger partial charge in [0.15, 0.2) is 0 Å². The van der Waals surface area contributed by atoms with Gasteiger partial charge in [0.25, 0.3) is 5.91 Å². The molecule has 0 saturated carbocycles. The third-order valence-corrected chi connectivity index (χ3v) is 2.73. The van der Waals surface area contributed by atoms with Crippen molar-refractivity contribution < 1.29 is 4.79 Å². The van der Waals surface area contributed by atoms with Gasteiger partial charge >= 0.3 is 0 Å². The van der Waals surface area contributed by atoms with Crippen LogP contribution < -0.4 is 16.4 Å². The van der Waals surface area contributed by atoms with Crippen molar-refractivity contribution in [3.63, 3.8) is 0 Å². The number of para-hydroxylation sites is 1. The lowest BCUT2D eigenvalue weighted by atomic mass is 10.1. The summed E-state index contributed by atoms with van der Waals surface area (Å²) in [4.78, 5) is 12.0. The molecular weight excluding hydrogens is 214 g/mol. The third-order valence-electron chi connectivity index (χ3n) is 2.73. The largest absolute Gasteiger partial charge is 0.399 e. The first kappa shape index (κ1) is 9.72. The maximum absolute atomic E-state index is 12.0. The molecule has 0 spiro atoms. The molecule has 1 aliphatic heterocycles. The molecule has 1 heterocycles. The monoisotopic (exact) mass is 225 g/mol. The van der Waals surface area contributed by atoms with Crippen LogP contribution in [0.2, 0.25) is 0 Å². The first-order chi connectivity index (χ1) is 8.24. The number of rotatable bonds is 0. The Morgan fingerprint density at radius 2 is 1.71 bits per heavy atom. The number of nitrogen functional groups attached to an aromatic ring is 1. The number of hydrogen-bond acceptors (Lipinski definition) is 3. The van der Waals surface area contributed by atoms with Gasteiger partial charge in [0.05, 0.1) is 22.6 Å². The molecule has 1 amide bonds. The highest BCUT2D eigenvalue weighted by Gasteiger charge is 2.17. The molecule has 0 bridgehead atoms. The van der Waals surface area contributed by atoms with Crippen LogP contribution in [0.25, 0.3) is 0 Å². The highest BCUT2D eigenvalue weighted by Crippen LogP contribution is 2.32. The Morgan fingerprint density at radius 1 is 0.882 bits per heavy atom. The molecule has 0 unspecified atom stereocenters. The van der Waals surface area contributed by atoms with Crippen molar-refractivity contribution in [2.24, 2.45) is 0 Å². The zero-order valence-electron chi connectivity index (χ0n) is 9.03. The maximum Gasteiger partial charge on any atom is 0.257 e. The van der Waals surface area contributed by atoms with E-state index < -0.39 is 0 Å². The van der Waals surface area contributed by atoms with Crippen molar-refractivity contribution in [1.82, 2.24) is 0 Å². The van der Waals surface area contributed by atoms with Crippen LogP contribution in [0.4, 0.5) is 22.7 Å². The average molecular weight is 225 g/mol. The molecule has 0 fully saturated rings. The topological polar surface area (TPSA) is 67.1 Å². The first-order valence-electron chi connectivity index (χ1n) is 5.31. The lowest BCUT2D eigenvalue weighted by Gasteiger charge is -2.08. The van der Waals surface area contributed by atoms with Gasteiger partial charge in [-0.3, -0.25) is 4.79 Å². The van der Waals surface area contributed by atoms with E-state index in [-0.39, 0.29) is 5.91 Å². The summed E-state index contributed by atoms with van der Waals surface area (Å²) in [5.41, 5.74) is 9.30. The predicted octanol–water partition coefficient (Wildman–Crippen LogP) is 2.58. The number of carbonyl (C=O) groups excluding carboxylic acids is 1. The van der Waals surface area contributed by atoms with E-state index in [0.717, 1.165) is 11.4 Å². The van der Waals surface area contributed by atoms with E-state index in [0.29, 0.717) is 16.9 Å². The first-order valence-corrected chi connectivity index (χ1v) is 5.31. The Bertz CT molecular complexity index is 607. The van der Waals surface area contributed by atoms with E-state index >= 15 is 0 Å². The summed E-state index contributed by atoms with van der Waals surface area (Å²) in [5, 5.41) is 6.06. The molecule has 3 rings (SSSR count). The summed E-state index contributed by atoms with van der Waals surface area (Å²) in [6.07, 6.45) is 0. The number of hydrogen-bond donors (Lipinski definition) is 3. The smallest absolute Gasteiger partial charge is 0.257 e. The van der Waals surface area contributed by atoms with Gasteiger partial charge in [0.2, 0.25) is 0 Å². The fourth-order valence-electron chi connectivity index (χ4n) is 1.90. The molecule has 17 heavy (non-hydrogen) atoms. The maximum atomic E-state index is 12.0. The summed E-state index contributed by atoms with van der Waals surface area (Å²) in [6, 6.07) is 12.8. The second-order valence-electron chi connectivity index (χ2n) is 3.93. The van der Waals surface area contributed by atoms with E-state index in [1.165, 1.54) is 0 Å². The SMILES string of the molecule is Nc1ccc2c(c1)NC(=O)c1ccccc1N2. The Labute approximate surface area is 98.4 Å². The molecule has 1 aliphatic rings. The molecule has 84 valence electrons. The molecule has 4 nitrogen and oxygen atoms in total. The average Bonchev–Trinajstić information content (AvgIpc) is 2.46. The van der Waals surface area contributed by atoms with E-state index in [4.69, 9.17) is 5.73 Å². The van der Waals surface area contributed by atoms with E-state index in [1.54, 1.807) is 18.2 Å². The van der Waals surface area contributed by atoms with Crippen LogP contribution in [0.15, 0.2) is 42.5 Å². The normalized spacial score (nSPS) is 12.8. The number of nitrogens with one attached hydrogen (secondary N) is 2. The van der Waals surface area contributed by atoms with Crippen molar-refractivity contribution >= 4 is 28.7 Å².